The van der Waals surface area contributed by atoms with Gasteiger partial charge in [-0.05, 0) is 12.0 Å². The van der Waals surface area contributed by atoms with Crippen LogP contribution in [0.2, 0.25) is 0 Å². The maximum atomic E-state index is 11.7. The number of amides is 1. The smallest absolute Gasteiger partial charge is 0.407 e. The van der Waals surface area contributed by atoms with Gasteiger partial charge in [-0.2, -0.15) is 0 Å². The molecule has 2 aromatic carbocycles. The molecule has 4 N–H and O–H groups in total. The third kappa shape index (κ3) is 5.99. The van der Waals surface area contributed by atoms with Gasteiger partial charge in [-0.3, -0.25) is 14.9 Å². The molecular weight excluding hydrogens is 384 g/mol. The van der Waals surface area contributed by atoms with Gasteiger partial charge in [0.15, 0.2) is 6.29 Å². The quantitative estimate of drug-likeness (QED) is 0.280. The Kier molecular flexibility index (Phi) is 7.63. The molecule has 154 valence electrons. The molecule has 29 heavy (non-hydrogen) atoms. The van der Waals surface area contributed by atoms with Gasteiger partial charge < -0.3 is 25.4 Å². The Morgan fingerprint density at radius 3 is 2.55 bits per heavy atom. The first kappa shape index (κ1) is 21.8. The Hall–Kier alpha value is -3.50. The second-order valence-corrected chi connectivity index (χ2v) is 6.14. The Morgan fingerprint density at radius 1 is 1.24 bits per heavy atom. The van der Waals surface area contributed by atoms with E-state index in [9.17, 15) is 35.0 Å². The molecule has 2 rings (SSSR count). The number of nitro benzene ring substituents is 1. The summed E-state index contributed by atoms with van der Waals surface area (Å²) in [5, 5.41) is 43.6. The highest BCUT2D eigenvalue weighted by molar-refractivity contribution is 5.81. The number of ether oxygens (including phenoxy) is 1. The average molecular weight is 404 g/mol. The summed E-state index contributed by atoms with van der Waals surface area (Å²) in [6.45, 7) is -0.00401. The summed E-state index contributed by atoms with van der Waals surface area (Å²) in [5.74, 6) is -0.660. The number of carbonyl (C=O) groups is 2. The SMILES string of the molecule is O=Cc1cc([N+](=O)[O-])cc(C(O)C(O)CCNC(=O)OCc2ccccc2)c1O. The van der Waals surface area contributed by atoms with Crippen LogP contribution in [-0.4, -0.2) is 45.3 Å². The van der Waals surface area contributed by atoms with Crippen LogP contribution in [0, 0.1) is 10.1 Å². The molecule has 2 unspecified atom stereocenters. The lowest BCUT2D eigenvalue weighted by atomic mass is 9.98. The van der Waals surface area contributed by atoms with Crippen LogP contribution < -0.4 is 5.32 Å². The number of nitro groups is 1. The van der Waals surface area contributed by atoms with E-state index >= 15 is 0 Å². The van der Waals surface area contributed by atoms with Gasteiger partial charge in [0.1, 0.15) is 18.5 Å². The van der Waals surface area contributed by atoms with Crippen molar-refractivity contribution in [2.75, 3.05) is 6.54 Å². The number of aliphatic hydroxyl groups excluding tert-OH is 2. The highest BCUT2D eigenvalue weighted by Gasteiger charge is 2.26. The molecule has 0 heterocycles. The first-order chi connectivity index (χ1) is 13.8. The molecule has 2 atom stereocenters. The first-order valence-corrected chi connectivity index (χ1v) is 8.60. The van der Waals surface area contributed by atoms with Crippen molar-refractivity contribution in [1.29, 1.82) is 0 Å². The zero-order chi connectivity index (χ0) is 21.4. The number of nitrogens with one attached hydrogen (secondary N) is 1. The van der Waals surface area contributed by atoms with Gasteiger partial charge in [-0.15, -0.1) is 0 Å². The third-order valence-corrected chi connectivity index (χ3v) is 4.10. The minimum absolute atomic E-state index is 0.0634. The standard InChI is InChI=1S/C19H20N2O8/c22-10-13-8-14(21(27)28)9-15(17(13)24)18(25)16(23)6-7-20-19(26)29-11-12-4-2-1-3-5-12/h1-5,8-10,16,18,23-25H,6-7,11H2,(H,20,26). The lowest BCUT2D eigenvalue weighted by Crippen LogP contribution is -2.29. The monoisotopic (exact) mass is 404 g/mol. The van der Waals surface area contributed by atoms with Gasteiger partial charge in [0.2, 0.25) is 0 Å². The Balaban J connectivity index is 1.91. The van der Waals surface area contributed by atoms with E-state index in [0.29, 0.717) is 0 Å². The lowest BCUT2D eigenvalue weighted by molar-refractivity contribution is -0.385. The zero-order valence-corrected chi connectivity index (χ0v) is 15.2. The predicted octanol–water partition coefficient (Wildman–Crippen LogP) is 1.82. The van der Waals surface area contributed by atoms with E-state index in [-0.39, 0.29) is 37.0 Å². The molecule has 0 saturated heterocycles. The molecule has 0 radical (unpaired) electrons. The highest BCUT2D eigenvalue weighted by atomic mass is 16.6. The van der Waals surface area contributed by atoms with Crippen LogP contribution in [0.15, 0.2) is 42.5 Å². The van der Waals surface area contributed by atoms with E-state index in [4.69, 9.17) is 4.74 Å². The predicted molar refractivity (Wildman–Crippen MR) is 100 cm³/mol. The number of rotatable bonds is 9. The van der Waals surface area contributed by atoms with Crippen LogP contribution in [-0.2, 0) is 11.3 Å². The van der Waals surface area contributed by atoms with Crippen LogP contribution in [0.1, 0.15) is 34.0 Å². The van der Waals surface area contributed by atoms with E-state index in [2.05, 4.69) is 5.32 Å². The molecule has 0 bridgehead atoms. The van der Waals surface area contributed by atoms with Crippen molar-refractivity contribution in [3.63, 3.8) is 0 Å². The molecule has 0 aliphatic rings. The van der Waals surface area contributed by atoms with Gasteiger partial charge >= 0.3 is 6.09 Å². The number of nitrogens with zero attached hydrogens (tertiary/aromatic N) is 1. The van der Waals surface area contributed by atoms with E-state index in [1.165, 1.54) is 0 Å². The number of phenolic OH excluding ortho intramolecular Hbond substituents is 1. The second-order valence-electron chi connectivity index (χ2n) is 6.14. The summed E-state index contributed by atoms with van der Waals surface area (Å²) in [4.78, 5) is 32.8. The Bertz CT molecular complexity index is 872. The zero-order valence-electron chi connectivity index (χ0n) is 15.2. The number of phenols is 1. The van der Waals surface area contributed by atoms with Crippen LogP contribution >= 0.6 is 0 Å². The molecule has 0 aromatic heterocycles. The molecule has 0 saturated carbocycles. The summed E-state index contributed by atoms with van der Waals surface area (Å²) >= 11 is 0. The summed E-state index contributed by atoms with van der Waals surface area (Å²) in [7, 11) is 0. The molecule has 2 aromatic rings. The van der Waals surface area contributed by atoms with Crippen molar-refractivity contribution in [2.24, 2.45) is 0 Å². The number of hydrogen-bond donors (Lipinski definition) is 4. The molecule has 0 spiro atoms. The fourth-order valence-corrected chi connectivity index (χ4v) is 2.55. The minimum Gasteiger partial charge on any atom is -0.507 e. The Labute approximate surface area is 165 Å². The summed E-state index contributed by atoms with van der Waals surface area (Å²) in [6, 6.07) is 10.7. The van der Waals surface area contributed by atoms with E-state index in [1.54, 1.807) is 24.3 Å². The number of aliphatic hydroxyl groups is 2. The van der Waals surface area contributed by atoms with E-state index in [0.717, 1.165) is 17.7 Å². The fourth-order valence-electron chi connectivity index (χ4n) is 2.55. The van der Waals surface area contributed by atoms with E-state index in [1.807, 2.05) is 6.07 Å². The number of benzene rings is 2. The minimum atomic E-state index is -1.71. The number of aldehydes is 1. The van der Waals surface area contributed by atoms with Crippen molar-refractivity contribution in [3.8, 4) is 5.75 Å². The van der Waals surface area contributed by atoms with Crippen LogP contribution in [0.4, 0.5) is 10.5 Å². The second kappa shape index (κ2) is 10.2. The van der Waals surface area contributed by atoms with Crippen molar-refractivity contribution in [3.05, 3.63) is 69.3 Å². The normalized spacial score (nSPS) is 12.6. The van der Waals surface area contributed by atoms with Crippen LogP contribution in [0.25, 0.3) is 0 Å². The molecule has 0 aliphatic carbocycles. The molecule has 1 amide bonds. The molecule has 0 aliphatic heterocycles. The Morgan fingerprint density at radius 2 is 1.93 bits per heavy atom. The van der Waals surface area contributed by atoms with E-state index < -0.39 is 34.7 Å². The maximum Gasteiger partial charge on any atom is 0.407 e. The highest BCUT2D eigenvalue weighted by Crippen LogP contribution is 2.33. The number of carbonyl (C=O) groups excluding carboxylic acids is 2. The van der Waals surface area contributed by atoms with Gasteiger partial charge in [0.25, 0.3) is 5.69 Å². The van der Waals surface area contributed by atoms with Crippen molar-refractivity contribution in [1.82, 2.24) is 5.32 Å². The van der Waals surface area contributed by atoms with Gasteiger partial charge in [0, 0.05) is 24.2 Å². The number of aromatic hydroxyl groups is 1. The van der Waals surface area contributed by atoms with Crippen LogP contribution in [0.3, 0.4) is 0 Å². The third-order valence-electron chi connectivity index (χ3n) is 4.10. The average Bonchev–Trinajstić information content (AvgIpc) is 2.72. The van der Waals surface area contributed by atoms with Crippen molar-refractivity contribution >= 4 is 18.1 Å². The first-order valence-electron chi connectivity index (χ1n) is 8.60. The molecule has 10 nitrogen and oxygen atoms in total. The number of hydrogen-bond acceptors (Lipinski definition) is 8. The lowest BCUT2D eigenvalue weighted by Gasteiger charge is -2.19. The van der Waals surface area contributed by atoms with Gasteiger partial charge in [-0.25, -0.2) is 4.79 Å². The summed E-state index contributed by atoms with van der Waals surface area (Å²) in [5.41, 5.74) is -0.470. The van der Waals surface area contributed by atoms with Crippen molar-refractivity contribution in [2.45, 2.75) is 25.2 Å². The maximum absolute atomic E-state index is 11.7. The molecule has 0 fully saturated rings. The number of non-ortho nitro benzene ring substituents is 1. The van der Waals surface area contributed by atoms with Gasteiger partial charge in [0.05, 0.1) is 16.6 Å². The molecule has 10 heteroatoms. The van der Waals surface area contributed by atoms with Crippen molar-refractivity contribution < 1.29 is 34.6 Å². The fraction of sp³-hybridized carbons (Fsp3) is 0.263. The largest absolute Gasteiger partial charge is 0.507 e. The van der Waals surface area contributed by atoms with Gasteiger partial charge in [-0.1, -0.05) is 30.3 Å². The summed E-state index contributed by atoms with van der Waals surface area (Å²) in [6.07, 6.45) is -3.85. The topological polar surface area (TPSA) is 159 Å². The number of alkyl carbamates (subject to hydrolysis) is 1. The molecular formula is C19H20N2O8. The van der Waals surface area contributed by atoms with Crippen LogP contribution in [0.5, 0.6) is 5.75 Å². The summed E-state index contributed by atoms with van der Waals surface area (Å²) < 4.78 is 5.00.